The molecule has 1 aromatic rings. The molecule has 6 heteroatoms. The zero-order chi connectivity index (χ0) is 14.7. The normalized spacial score (nSPS) is 18.9. The van der Waals surface area contributed by atoms with Crippen LogP contribution in [-0.2, 0) is 0 Å². The van der Waals surface area contributed by atoms with Crippen LogP contribution in [0.1, 0.15) is 43.0 Å². The number of non-ortho nitro benzene ring substituents is 1. The molecule has 0 aliphatic carbocycles. The predicted octanol–water partition coefficient (Wildman–Crippen LogP) is 3.65. The average Bonchev–Trinajstić information content (AvgIpc) is 2.46. The van der Waals surface area contributed by atoms with Crippen LogP contribution < -0.4 is 0 Å². The lowest BCUT2D eigenvalue weighted by Crippen LogP contribution is -2.43. The Morgan fingerprint density at radius 1 is 1.50 bits per heavy atom. The van der Waals surface area contributed by atoms with Crippen LogP contribution >= 0.6 is 11.6 Å². The molecule has 0 bridgehead atoms. The maximum absolute atomic E-state index is 12.6. The molecule has 0 spiro atoms. The molecule has 1 atom stereocenters. The van der Waals surface area contributed by atoms with Crippen LogP contribution in [0.2, 0.25) is 5.02 Å². The highest BCUT2D eigenvalue weighted by Gasteiger charge is 2.28. The minimum atomic E-state index is -0.513. The molecule has 5 nitrogen and oxygen atoms in total. The number of hydrogen-bond acceptors (Lipinski definition) is 3. The van der Waals surface area contributed by atoms with Gasteiger partial charge in [-0.3, -0.25) is 14.9 Å². The molecular formula is C14H17ClN2O3. The predicted molar refractivity (Wildman–Crippen MR) is 77.1 cm³/mol. The number of carbonyl (C=O) groups excluding carboxylic acids is 1. The second-order valence-corrected chi connectivity index (χ2v) is 5.38. The minimum absolute atomic E-state index is 0.109. The fourth-order valence-corrected chi connectivity index (χ4v) is 2.84. The summed E-state index contributed by atoms with van der Waals surface area (Å²) in [5.41, 5.74) is 0.115. The number of benzene rings is 1. The van der Waals surface area contributed by atoms with Gasteiger partial charge in [0.05, 0.1) is 15.5 Å². The van der Waals surface area contributed by atoms with E-state index in [2.05, 4.69) is 0 Å². The third-order valence-corrected chi connectivity index (χ3v) is 4.08. The number of halogens is 1. The van der Waals surface area contributed by atoms with Gasteiger partial charge in [0.15, 0.2) is 0 Å². The van der Waals surface area contributed by atoms with Crippen molar-refractivity contribution in [2.75, 3.05) is 6.54 Å². The first-order valence-corrected chi connectivity index (χ1v) is 7.17. The summed E-state index contributed by atoms with van der Waals surface area (Å²) in [5.74, 6) is -0.203. The molecule has 0 saturated carbocycles. The summed E-state index contributed by atoms with van der Waals surface area (Å²) in [6.45, 7) is 2.74. The lowest BCUT2D eigenvalue weighted by Gasteiger charge is -2.35. The zero-order valence-corrected chi connectivity index (χ0v) is 12.1. The van der Waals surface area contributed by atoms with Crippen molar-refractivity contribution in [1.29, 1.82) is 0 Å². The minimum Gasteiger partial charge on any atom is -0.336 e. The monoisotopic (exact) mass is 296 g/mol. The Morgan fingerprint density at radius 2 is 2.25 bits per heavy atom. The van der Waals surface area contributed by atoms with Crippen LogP contribution in [0.3, 0.4) is 0 Å². The number of amides is 1. The molecule has 108 valence electrons. The molecule has 0 N–H and O–H groups in total. The van der Waals surface area contributed by atoms with Crippen LogP contribution in [0.4, 0.5) is 5.69 Å². The summed E-state index contributed by atoms with van der Waals surface area (Å²) in [5, 5.41) is 11.1. The number of carbonyl (C=O) groups is 1. The first-order valence-electron chi connectivity index (χ1n) is 6.79. The second kappa shape index (κ2) is 6.22. The van der Waals surface area contributed by atoms with Gasteiger partial charge in [0, 0.05) is 24.7 Å². The molecule has 0 unspecified atom stereocenters. The van der Waals surface area contributed by atoms with Crippen molar-refractivity contribution in [3.05, 3.63) is 38.9 Å². The Kier molecular flexibility index (Phi) is 4.60. The summed E-state index contributed by atoms with van der Waals surface area (Å²) in [7, 11) is 0. The summed E-state index contributed by atoms with van der Waals surface area (Å²) in [6.07, 6.45) is 3.95. The fraction of sp³-hybridized carbons (Fsp3) is 0.500. The van der Waals surface area contributed by atoms with Gasteiger partial charge in [0.2, 0.25) is 0 Å². The van der Waals surface area contributed by atoms with E-state index >= 15 is 0 Å². The Balaban J connectivity index is 2.32. The third kappa shape index (κ3) is 2.93. The van der Waals surface area contributed by atoms with Crippen LogP contribution in [0.25, 0.3) is 0 Å². The lowest BCUT2D eigenvalue weighted by atomic mass is 9.99. The van der Waals surface area contributed by atoms with Crippen molar-refractivity contribution >= 4 is 23.2 Å². The Morgan fingerprint density at radius 3 is 2.90 bits per heavy atom. The maximum atomic E-state index is 12.6. The smallest absolute Gasteiger partial charge is 0.270 e. The topological polar surface area (TPSA) is 63.5 Å². The van der Waals surface area contributed by atoms with E-state index in [-0.39, 0.29) is 28.2 Å². The standard InChI is InChI=1S/C14H17ClN2O3/c1-2-10-5-3-4-8-16(10)14(18)12-9-11(17(19)20)6-7-13(12)15/h6-7,9-10H,2-5,8H2,1H3/t10-/m0/s1. The molecule has 1 aliphatic heterocycles. The molecule has 20 heavy (non-hydrogen) atoms. The van der Waals surface area contributed by atoms with Gasteiger partial charge in [-0.1, -0.05) is 18.5 Å². The number of nitro groups is 1. The number of nitro benzene ring substituents is 1. The number of nitrogens with zero attached hydrogens (tertiary/aromatic N) is 2. The van der Waals surface area contributed by atoms with Gasteiger partial charge in [-0.2, -0.15) is 0 Å². The van der Waals surface area contributed by atoms with Gasteiger partial charge in [-0.05, 0) is 31.7 Å². The zero-order valence-electron chi connectivity index (χ0n) is 11.3. The largest absolute Gasteiger partial charge is 0.336 e. The number of rotatable bonds is 3. The molecule has 1 fully saturated rings. The third-order valence-electron chi connectivity index (χ3n) is 3.75. The van der Waals surface area contributed by atoms with Crippen molar-refractivity contribution in [1.82, 2.24) is 4.90 Å². The van der Waals surface area contributed by atoms with Crippen LogP contribution in [-0.4, -0.2) is 28.3 Å². The summed E-state index contributed by atoms with van der Waals surface area (Å²) in [6, 6.07) is 4.20. The number of hydrogen-bond donors (Lipinski definition) is 0. The average molecular weight is 297 g/mol. The first kappa shape index (κ1) is 14.8. The quantitative estimate of drug-likeness (QED) is 0.631. The van der Waals surface area contributed by atoms with E-state index in [0.29, 0.717) is 6.54 Å². The Labute approximate surface area is 122 Å². The van der Waals surface area contributed by atoms with Gasteiger partial charge in [-0.15, -0.1) is 0 Å². The van der Waals surface area contributed by atoms with Crippen molar-refractivity contribution < 1.29 is 9.72 Å². The van der Waals surface area contributed by atoms with Crippen LogP contribution in [0.15, 0.2) is 18.2 Å². The summed E-state index contributed by atoms with van der Waals surface area (Å²) < 4.78 is 0. The maximum Gasteiger partial charge on any atom is 0.270 e. The second-order valence-electron chi connectivity index (χ2n) is 4.98. The van der Waals surface area contributed by atoms with Crippen LogP contribution in [0.5, 0.6) is 0 Å². The molecule has 1 heterocycles. The van der Waals surface area contributed by atoms with E-state index in [9.17, 15) is 14.9 Å². The fourth-order valence-electron chi connectivity index (χ4n) is 2.64. The molecule has 1 saturated heterocycles. The lowest BCUT2D eigenvalue weighted by molar-refractivity contribution is -0.384. The molecule has 1 aromatic carbocycles. The molecule has 1 aliphatic rings. The van der Waals surface area contributed by atoms with E-state index in [1.165, 1.54) is 18.2 Å². The molecular weight excluding hydrogens is 280 g/mol. The van der Waals surface area contributed by atoms with E-state index in [4.69, 9.17) is 11.6 Å². The van der Waals surface area contributed by atoms with E-state index in [1.54, 1.807) is 4.90 Å². The van der Waals surface area contributed by atoms with Crippen molar-refractivity contribution in [2.24, 2.45) is 0 Å². The van der Waals surface area contributed by atoms with Crippen molar-refractivity contribution in [3.63, 3.8) is 0 Å². The molecule has 0 radical (unpaired) electrons. The van der Waals surface area contributed by atoms with Gasteiger partial charge in [0.25, 0.3) is 11.6 Å². The highest BCUT2D eigenvalue weighted by Crippen LogP contribution is 2.27. The first-order chi connectivity index (χ1) is 9.54. The Bertz CT molecular complexity index is 533. The molecule has 0 aromatic heterocycles. The highest BCUT2D eigenvalue weighted by atomic mass is 35.5. The molecule has 2 rings (SSSR count). The van der Waals surface area contributed by atoms with Crippen LogP contribution in [0, 0.1) is 10.1 Å². The van der Waals surface area contributed by atoms with E-state index < -0.39 is 4.92 Å². The van der Waals surface area contributed by atoms with Crippen molar-refractivity contribution in [3.8, 4) is 0 Å². The summed E-state index contributed by atoms with van der Waals surface area (Å²) in [4.78, 5) is 24.7. The molecule has 1 amide bonds. The Hall–Kier alpha value is -1.62. The highest BCUT2D eigenvalue weighted by molar-refractivity contribution is 6.33. The van der Waals surface area contributed by atoms with Gasteiger partial charge < -0.3 is 4.90 Å². The van der Waals surface area contributed by atoms with E-state index in [1.807, 2.05) is 6.92 Å². The van der Waals surface area contributed by atoms with Gasteiger partial charge in [-0.25, -0.2) is 0 Å². The number of likely N-dealkylation sites (tertiary alicyclic amines) is 1. The van der Waals surface area contributed by atoms with E-state index in [0.717, 1.165) is 25.7 Å². The van der Waals surface area contributed by atoms with Gasteiger partial charge in [0.1, 0.15) is 0 Å². The summed E-state index contributed by atoms with van der Waals surface area (Å²) >= 11 is 6.04. The SMILES string of the molecule is CC[C@H]1CCCCN1C(=O)c1cc([N+](=O)[O-])ccc1Cl. The van der Waals surface area contributed by atoms with Gasteiger partial charge >= 0.3 is 0 Å². The number of piperidine rings is 1. The van der Waals surface area contributed by atoms with Crippen molar-refractivity contribution in [2.45, 2.75) is 38.6 Å².